The van der Waals surface area contributed by atoms with Gasteiger partial charge in [0.1, 0.15) is 5.15 Å². The fourth-order valence-corrected chi connectivity index (χ4v) is 2.50. The number of aromatic nitrogens is 2. The Morgan fingerprint density at radius 3 is 2.17 bits per heavy atom. The van der Waals surface area contributed by atoms with Gasteiger partial charge in [-0.2, -0.15) is 0 Å². The van der Waals surface area contributed by atoms with Gasteiger partial charge < -0.3 is 0 Å². The van der Waals surface area contributed by atoms with Crippen molar-refractivity contribution in [1.29, 1.82) is 0 Å². The molecule has 0 amide bonds. The molecule has 1 aromatic heterocycles. The highest BCUT2D eigenvalue weighted by Crippen LogP contribution is 2.26. The van der Waals surface area contributed by atoms with Gasteiger partial charge in [0.05, 0.1) is 0 Å². The van der Waals surface area contributed by atoms with E-state index in [0.29, 0.717) is 5.15 Å². The third-order valence-electron chi connectivity index (χ3n) is 3.01. The number of aryl methyl sites for hydroxylation is 4. The number of nitrogens with zero attached hydrogens (tertiary/aromatic N) is 2. The van der Waals surface area contributed by atoms with E-state index >= 15 is 0 Å². The van der Waals surface area contributed by atoms with Crippen LogP contribution in [0.5, 0.6) is 0 Å². The zero-order valence-corrected chi connectivity index (χ0v) is 12.0. The average molecular weight is 261 g/mol. The van der Waals surface area contributed by atoms with Crippen LogP contribution >= 0.6 is 11.6 Å². The van der Waals surface area contributed by atoms with E-state index in [4.69, 9.17) is 11.6 Å². The number of rotatable bonds is 2. The highest BCUT2D eigenvalue weighted by molar-refractivity contribution is 6.29. The lowest BCUT2D eigenvalue weighted by Crippen LogP contribution is -1.99. The van der Waals surface area contributed by atoms with E-state index in [9.17, 15) is 0 Å². The van der Waals surface area contributed by atoms with Crippen molar-refractivity contribution >= 4 is 11.6 Å². The summed E-state index contributed by atoms with van der Waals surface area (Å²) in [6.45, 7) is 8.34. The van der Waals surface area contributed by atoms with Crippen LogP contribution in [0.3, 0.4) is 0 Å². The van der Waals surface area contributed by atoms with Crippen LogP contribution in [0.2, 0.25) is 5.15 Å². The number of hydrogen-bond acceptors (Lipinski definition) is 2. The molecule has 0 bridgehead atoms. The van der Waals surface area contributed by atoms with Crippen molar-refractivity contribution in [2.24, 2.45) is 0 Å². The summed E-state index contributed by atoms with van der Waals surface area (Å²) in [5.74, 6) is 0.731. The Balaban J connectivity index is 2.65. The highest BCUT2D eigenvalue weighted by Gasteiger charge is 2.11. The zero-order chi connectivity index (χ0) is 13.3. The topological polar surface area (TPSA) is 25.8 Å². The van der Waals surface area contributed by atoms with Crippen LogP contribution in [0.4, 0.5) is 0 Å². The van der Waals surface area contributed by atoms with Crippen LogP contribution in [0.15, 0.2) is 18.2 Å². The lowest BCUT2D eigenvalue weighted by Gasteiger charge is -2.11. The van der Waals surface area contributed by atoms with Crippen LogP contribution in [0.25, 0.3) is 11.4 Å². The third-order valence-corrected chi connectivity index (χ3v) is 3.20. The molecule has 1 heterocycles. The van der Waals surface area contributed by atoms with Crippen molar-refractivity contribution in [3.63, 3.8) is 0 Å². The van der Waals surface area contributed by atoms with Gasteiger partial charge in [-0.25, -0.2) is 9.97 Å². The lowest BCUT2D eigenvalue weighted by molar-refractivity contribution is 1.00. The van der Waals surface area contributed by atoms with E-state index < -0.39 is 0 Å². The molecule has 0 aliphatic rings. The van der Waals surface area contributed by atoms with E-state index in [-0.39, 0.29) is 0 Å². The van der Waals surface area contributed by atoms with Gasteiger partial charge in [-0.05, 0) is 44.4 Å². The van der Waals surface area contributed by atoms with E-state index in [1.807, 2.05) is 6.07 Å². The maximum absolute atomic E-state index is 6.06. The third kappa shape index (κ3) is 2.54. The Bertz CT molecular complexity index is 568. The summed E-state index contributed by atoms with van der Waals surface area (Å²) >= 11 is 6.06. The minimum atomic E-state index is 0.510. The predicted molar refractivity (Wildman–Crippen MR) is 76.1 cm³/mol. The van der Waals surface area contributed by atoms with Crippen molar-refractivity contribution in [3.8, 4) is 11.4 Å². The maximum atomic E-state index is 6.06. The molecule has 2 nitrogen and oxygen atoms in total. The number of halogens is 1. The number of benzene rings is 1. The molecule has 0 N–H and O–H groups in total. The molecule has 3 heteroatoms. The van der Waals surface area contributed by atoms with Gasteiger partial charge >= 0.3 is 0 Å². The van der Waals surface area contributed by atoms with Crippen molar-refractivity contribution in [3.05, 3.63) is 45.7 Å². The molecule has 2 aromatic rings. The molecule has 94 valence electrons. The molecule has 0 fully saturated rings. The largest absolute Gasteiger partial charge is 0.233 e. The van der Waals surface area contributed by atoms with Crippen LogP contribution in [-0.4, -0.2) is 9.97 Å². The first-order valence-electron chi connectivity index (χ1n) is 6.13. The van der Waals surface area contributed by atoms with Gasteiger partial charge in [-0.3, -0.25) is 0 Å². The van der Waals surface area contributed by atoms with Gasteiger partial charge in [0.25, 0.3) is 0 Å². The average Bonchev–Trinajstić information content (AvgIpc) is 2.26. The molecule has 0 aliphatic heterocycles. The van der Waals surface area contributed by atoms with Crippen molar-refractivity contribution in [2.45, 2.75) is 34.1 Å². The van der Waals surface area contributed by atoms with E-state index in [1.54, 1.807) is 0 Å². The predicted octanol–water partition coefficient (Wildman–Crippen LogP) is 4.28. The summed E-state index contributed by atoms with van der Waals surface area (Å²) in [6.07, 6.45) is 0.860. The van der Waals surface area contributed by atoms with E-state index in [0.717, 1.165) is 23.5 Å². The molecule has 0 unspecified atom stereocenters. The van der Waals surface area contributed by atoms with E-state index in [1.165, 1.54) is 16.7 Å². The van der Waals surface area contributed by atoms with Crippen LogP contribution in [0, 0.1) is 20.8 Å². The standard InChI is InChI=1S/C15H17ClN2/c1-5-12-8-13(16)18-15(17-12)14-10(3)6-9(2)7-11(14)4/h6-8H,5H2,1-4H3. The normalized spacial score (nSPS) is 10.7. The highest BCUT2D eigenvalue weighted by atomic mass is 35.5. The van der Waals surface area contributed by atoms with Gasteiger partial charge in [0.2, 0.25) is 0 Å². The molecule has 0 saturated heterocycles. The Morgan fingerprint density at radius 2 is 1.61 bits per heavy atom. The summed E-state index contributed by atoms with van der Waals surface area (Å²) in [7, 11) is 0. The SMILES string of the molecule is CCc1cc(Cl)nc(-c2c(C)cc(C)cc2C)n1. The molecular weight excluding hydrogens is 244 g/mol. The molecular formula is C15H17ClN2. The summed E-state index contributed by atoms with van der Waals surface area (Å²) in [5.41, 5.74) is 5.71. The fraction of sp³-hybridized carbons (Fsp3) is 0.333. The van der Waals surface area contributed by atoms with Gasteiger partial charge in [0.15, 0.2) is 5.82 Å². The molecule has 0 radical (unpaired) electrons. The lowest BCUT2D eigenvalue weighted by atomic mass is 9.99. The van der Waals surface area contributed by atoms with Gasteiger partial charge in [-0.15, -0.1) is 0 Å². The summed E-state index contributed by atoms with van der Waals surface area (Å²) in [5, 5.41) is 0.510. The van der Waals surface area contributed by atoms with Gasteiger partial charge in [0, 0.05) is 11.3 Å². The summed E-state index contributed by atoms with van der Waals surface area (Å²) in [4.78, 5) is 8.94. The number of hydrogen-bond donors (Lipinski definition) is 0. The Morgan fingerprint density at radius 1 is 1.00 bits per heavy atom. The minimum absolute atomic E-state index is 0.510. The molecule has 2 rings (SSSR count). The summed E-state index contributed by atoms with van der Waals surface area (Å²) < 4.78 is 0. The molecule has 0 saturated carbocycles. The maximum Gasteiger partial charge on any atom is 0.161 e. The summed E-state index contributed by atoms with van der Waals surface area (Å²) in [6, 6.07) is 6.13. The first kappa shape index (κ1) is 13.0. The van der Waals surface area contributed by atoms with Crippen LogP contribution in [0.1, 0.15) is 29.3 Å². The van der Waals surface area contributed by atoms with Crippen LogP contribution in [-0.2, 0) is 6.42 Å². The zero-order valence-electron chi connectivity index (χ0n) is 11.2. The Hall–Kier alpha value is -1.41. The fourth-order valence-electron chi connectivity index (χ4n) is 2.29. The second kappa shape index (κ2) is 5.07. The Labute approximate surface area is 113 Å². The quantitative estimate of drug-likeness (QED) is 0.753. The first-order valence-corrected chi connectivity index (χ1v) is 6.50. The second-order valence-corrected chi connectivity index (χ2v) is 5.02. The minimum Gasteiger partial charge on any atom is -0.233 e. The smallest absolute Gasteiger partial charge is 0.161 e. The molecule has 1 aromatic carbocycles. The molecule has 0 aliphatic carbocycles. The van der Waals surface area contributed by atoms with Crippen molar-refractivity contribution in [1.82, 2.24) is 9.97 Å². The van der Waals surface area contributed by atoms with Crippen molar-refractivity contribution in [2.75, 3.05) is 0 Å². The molecule has 0 atom stereocenters. The van der Waals surface area contributed by atoms with Crippen molar-refractivity contribution < 1.29 is 0 Å². The molecule has 0 spiro atoms. The van der Waals surface area contributed by atoms with Gasteiger partial charge in [-0.1, -0.05) is 36.2 Å². The van der Waals surface area contributed by atoms with Crippen LogP contribution < -0.4 is 0 Å². The van der Waals surface area contributed by atoms with E-state index in [2.05, 4.69) is 49.8 Å². The first-order chi connectivity index (χ1) is 8.51. The monoisotopic (exact) mass is 260 g/mol. The second-order valence-electron chi connectivity index (χ2n) is 4.63. The Kier molecular flexibility index (Phi) is 3.67. The molecule has 18 heavy (non-hydrogen) atoms.